The van der Waals surface area contributed by atoms with Gasteiger partial charge >= 0.3 is 19.8 Å². The second kappa shape index (κ2) is 4.32. The molecule has 0 unspecified atom stereocenters. The zero-order valence-corrected chi connectivity index (χ0v) is 6.98. The van der Waals surface area contributed by atoms with Crippen molar-refractivity contribution in [1.82, 2.24) is 0 Å². The van der Waals surface area contributed by atoms with E-state index in [1.807, 2.05) is 0 Å². The minimum Gasteiger partial charge on any atom is -0.392 e. The van der Waals surface area contributed by atoms with Gasteiger partial charge in [0.25, 0.3) is 0 Å². The van der Waals surface area contributed by atoms with Gasteiger partial charge in [-0.05, 0) is 0 Å². The van der Waals surface area contributed by atoms with Gasteiger partial charge < -0.3 is 14.5 Å². The molecule has 0 aliphatic heterocycles. The fraction of sp³-hybridized carbons (Fsp3) is 0.500. The predicted molar refractivity (Wildman–Crippen MR) is 34.8 cm³/mol. The van der Waals surface area contributed by atoms with Crippen LogP contribution in [0.25, 0.3) is 0 Å². The van der Waals surface area contributed by atoms with Gasteiger partial charge in [0.05, 0.1) is 0 Å². The molecule has 0 amide bonds. The van der Waals surface area contributed by atoms with Crippen LogP contribution in [0.5, 0.6) is 0 Å². The van der Waals surface area contributed by atoms with E-state index in [-0.39, 0.29) is 0 Å². The van der Waals surface area contributed by atoms with Gasteiger partial charge in [0.1, 0.15) is 0 Å². The van der Waals surface area contributed by atoms with Crippen molar-refractivity contribution in [3.63, 3.8) is 0 Å². The monoisotopic (exact) mass is 198 g/mol. The summed E-state index contributed by atoms with van der Waals surface area (Å²) in [5.74, 6) is -2.01. The lowest BCUT2D eigenvalue weighted by atomic mass is 10.7. The largest absolute Gasteiger partial charge is 0.470 e. The number of phosphoric ester groups is 1. The number of carbonyl (C=O) groups excluding carboxylic acids is 2. The Morgan fingerprint density at radius 3 is 2.25 bits per heavy atom. The van der Waals surface area contributed by atoms with Crippen LogP contribution in [0, 0.1) is 0 Å². The van der Waals surface area contributed by atoms with Gasteiger partial charge in [-0.15, -0.1) is 0 Å². The second-order valence-corrected chi connectivity index (χ2v) is 2.97. The molecular formula is C4H7O7P. The first-order chi connectivity index (χ1) is 5.31. The van der Waals surface area contributed by atoms with E-state index in [2.05, 4.69) is 9.26 Å². The Labute approximate surface area is 67.5 Å². The molecule has 0 saturated carbocycles. The highest BCUT2D eigenvalue weighted by Crippen LogP contribution is 2.35. The predicted octanol–water partition coefficient (Wildman–Crippen LogP) is -0.815. The van der Waals surface area contributed by atoms with Crippen LogP contribution in [0.1, 0.15) is 6.92 Å². The van der Waals surface area contributed by atoms with E-state index >= 15 is 0 Å². The van der Waals surface area contributed by atoms with Crippen LogP contribution in [0.2, 0.25) is 0 Å². The van der Waals surface area contributed by atoms with E-state index in [0.717, 1.165) is 6.92 Å². The highest BCUT2D eigenvalue weighted by atomic mass is 31.2. The molecule has 0 aliphatic rings. The third-order valence-corrected chi connectivity index (χ3v) is 1.07. The first-order valence-electron chi connectivity index (χ1n) is 2.72. The van der Waals surface area contributed by atoms with Gasteiger partial charge in [-0.25, -0.2) is 9.36 Å². The van der Waals surface area contributed by atoms with Crippen LogP contribution in [0.3, 0.4) is 0 Å². The Balaban J connectivity index is 3.73. The highest BCUT2D eigenvalue weighted by molar-refractivity contribution is 7.46. The number of esters is 2. The van der Waals surface area contributed by atoms with Crippen molar-refractivity contribution >= 4 is 19.8 Å². The van der Waals surface area contributed by atoms with Gasteiger partial charge in [0.2, 0.25) is 0 Å². The molecule has 0 bridgehead atoms. The lowest BCUT2D eigenvalue weighted by Gasteiger charge is -2.02. The zero-order valence-electron chi connectivity index (χ0n) is 6.09. The quantitative estimate of drug-likeness (QED) is 0.346. The maximum Gasteiger partial charge on any atom is 0.470 e. The van der Waals surface area contributed by atoms with Crippen LogP contribution in [0.15, 0.2) is 0 Å². The van der Waals surface area contributed by atoms with E-state index in [1.54, 1.807) is 0 Å². The SMILES string of the molecule is CC(=O)OC(=O)COP(=O)(O)O. The molecule has 2 N–H and O–H groups in total. The molecule has 12 heavy (non-hydrogen) atoms. The van der Waals surface area contributed by atoms with Crippen molar-refractivity contribution in [2.45, 2.75) is 6.92 Å². The van der Waals surface area contributed by atoms with Crippen LogP contribution >= 0.6 is 7.82 Å². The topological polar surface area (TPSA) is 110 Å². The van der Waals surface area contributed by atoms with Crippen LogP contribution in [-0.2, 0) is 23.4 Å². The van der Waals surface area contributed by atoms with Crippen molar-refractivity contribution in [1.29, 1.82) is 0 Å². The fourth-order valence-corrected chi connectivity index (χ4v) is 0.600. The summed E-state index contributed by atoms with van der Waals surface area (Å²) in [6.45, 7) is 0.0270. The van der Waals surface area contributed by atoms with Crippen molar-refractivity contribution in [2.24, 2.45) is 0 Å². The summed E-state index contributed by atoms with van der Waals surface area (Å²) < 4.78 is 17.6. The summed E-state index contributed by atoms with van der Waals surface area (Å²) in [6, 6.07) is 0. The number of ether oxygens (including phenoxy) is 1. The molecule has 7 nitrogen and oxygen atoms in total. The third-order valence-electron chi connectivity index (χ3n) is 0.608. The molecule has 0 radical (unpaired) electrons. The molecule has 0 aromatic carbocycles. The molecule has 0 fully saturated rings. The fourth-order valence-electron chi connectivity index (χ4n) is 0.327. The molecule has 0 heterocycles. The van der Waals surface area contributed by atoms with Crippen molar-refractivity contribution in [3.05, 3.63) is 0 Å². The Bertz CT molecular complexity index is 228. The number of hydrogen-bond acceptors (Lipinski definition) is 5. The van der Waals surface area contributed by atoms with E-state index in [0.29, 0.717) is 0 Å². The van der Waals surface area contributed by atoms with Crippen LogP contribution < -0.4 is 0 Å². The van der Waals surface area contributed by atoms with E-state index < -0.39 is 26.4 Å². The molecule has 0 aromatic heterocycles. The zero-order chi connectivity index (χ0) is 9.78. The summed E-state index contributed by atoms with van der Waals surface area (Å²) in [5, 5.41) is 0. The van der Waals surface area contributed by atoms with Gasteiger partial charge in [-0.2, -0.15) is 0 Å². The number of phosphoric acid groups is 1. The standard InChI is InChI=1S/C4H7O7P/c1-3(5)11-4(6)2-10-12(7,8)9/h2H2,1H3,(H2,7,8,9). The van der Waals surface area contributed by atoms with Gasteiger partial charge in [-0.1, -0.05) is 0 Å². The molecular weight excluding hydrogens is 191 g/mol. The van der Waals surface area contributed by atoms with E-state index in [1.165, 1.54) is 0 Å². The summed E-state index contributed by atoms with van der Waals surface area (Å²) in [5.41, 5.74) is 0. The molecule has 0 spiro atoms. The lowest BCUT2D eigenvalue weighted by molar-refractivity contribution is -0.159. The van der Waals surface area contributed by atoms with Gasteiger partial charge in [-0.3, -0.25) is 9.32 Å². The maximum atomic E-state index is 10.4. The Kier molecular flexibility index (Phi) is 4.05. The third kappa shape index (κ3) is 7.36. The number of carbonyl (C=O) groups is 2. The molecule has 0 saturated heterocycles. The summed E-state index contributed by atoms with van der Waals surface area (Å²) >= 11 is 0. The van der Waals surface area contributed by atoms with E-state index in [9.17, 15) is 14.2 Å². The lowest BCUT2D eigenvalue weighted by Crippen LogP contribution is -2.14. The normalized spacial score (nSPS) is 10.9. The average molecular weight is 198 g/mol. The maximum absolute atomic E-state index is 10.4. The molecule has 8 heteroatoms. The first kappa shape index (κ1) is 11.2. The summed E-state index contributed by atoms with van der Waals surface area (Å²) in [4.78, 5) is 36.7. The van der Waals surface area contributed by atoms with Crippen molar-refractivity contribution in [3.8, 4) is 0 Å². The summed E-state index contributed by atoms with van der Waals surface area (Å²) in [7, 11) is -4.68. The van der Waals surface area contributed by atoms with Crippen LogP contribution in [0.4, 0.5) is 0 Å². The van der Waals surface area contributed by atoms with Crippen molar-refractivity contribution < 1.29 is 33.2 Å². The first-order valence-corrected chi connectivity index (χ1v) is 4.25. The smallest absolute Gasteiger partial charge is 0.392 e. The molecule has 0 aromatic rings. The minimum atomic E-state index is -4.68. The number of hydrogen-bond donors (Lipinski definition) is 2. The van der Waals surface area contributed by atoms with Gasteiger partial charge in [0, 0.05) is 6.92 Å². The van der Waals surface area contributed by atoms with Crippen molar-refractivity contribution in [2.75, 3.05) is 6.61 Å². The Morgan fingerprint density at radius 2 is 1.92 bits per heavy atom. The minimum absolute atomic E-state index is 0.866. The Morgan fingerprint density at radius 1 is 1.42 bits per heavy atom. The average Bonchev–Trinajstić information content (AvgIpc) is 1.80. The second-order valence-electron chi connectivity index (χ2n) is 1.73. The van der Waals surface area contributed by atoms with E-state index in [4.69, 9.17) is 9.79 Å². The van der Waals surface area contributed by atoms with Crippen LogP contribution in [-0.4, -0.2) is 28.3 Å². The molecule has 70 valence electrons. The van der Waals surface area contributed by atoms with Gasteiger partial charge in [0.15, 0.2) is 6.61 Å². The number of rotatable bonds is 3. The molecule has 0 aliphatic carbocycles. The molecule has 0 rings (SSSR count). The molecule has 0 atom stereocenters. The summed E-state index contributed by atoms with van der Waals surface area (Å²) in [6.07, 6.45) is 0. The highest BCUT2D eigenvalue weighted by Gasteiger charge is 2.17. The Hall–Kier alpha value is -0.750.